The number of methoxy groups -OCH3 is 2. The van der Waals surface area contributed by atoms with Gasteiger partial charge < -0.3 is 14.6 Å². The van der Waals surface area contributed by atoms with Gasteiger partial charge in [-0.2, -0.15) is 0 Å². The van der Waals surface area contributed by atoms with Gasteiger partial charge >= 0.3 is 0 Å². The second-order valence-electron chi connectivity index (χ2n) is 9.97. The molecule has 0 aromatic rings. The molecule has 4 aliphatic rings. The number of hydrogen-bond donors (Lipinski definition) is 1. The van der Waals surface area contributed by atoms with Crippen LogP contribution in [0, 0.1) is 40.9 Å². The van der Waals surface area contributed by atoms with E-state index in [-0.39, 0.29) is 11.9 Å². The summed E-state index contributed by atoms with van der Waals surface area (Å²) < 4.78 is 11.6. The van der Waals surface area contributed by atoms with Crippen LogP contribution in [0.5, 0.6) is 0 Å². The summed E-state index contributed by atoms with van der Waals surface area (Å²) in [7, 11) is 3.63. The van der Waals surface area contributed by atoms with Crippen LogP contribution in [-0.4, -0.2) is 31.2 Å². The van der Waals surface area contributed by atoms with E-state index >= 15 is 0 Å². The predicted molar refractivity (Wildman–Crippen MR) is 99.0 cm³/mol. The SMILES string of the molecule is COC1(OC)CCC2[C@H](CCC3[C@@H]2CC[C@]2(C)[C@@H](C(C)O)CC[C@@H]32)C1. The standard InChI is InChI=1S/C22H38O3/c1-14(23)19-7-8-20-18-6-5-15-13-22(24-3,25-4)12-10-16(15)17(18)9-11-21(19,20)2/h14-20,23H,5-13H2,1-4H3/t14?,15-,16?,17-,18?,19-,20+,21-/m1/s1. The maximum Gasteiger partial charge on any atom is 0.167 e. The van der Waals surface area contributed by atoms with Gasteiger partial charge in [-0.25, -0.2) is 0 Å². The van der Waals surface area contributed by atoms with Gasteiger partial charge in [0, 0.05) is 27.1 Å². The Morgan fingerprint density at radius 1 is 0.880 bits per heavy atom. The number of aliphatic hydroxyl groups excluding tert-OH is 1. The van der Waals surface area contributed by atoms with Crippen LogP contribution in [0.15, 0.2) is 0 Å². The van der Waals surface area contributed by atoms with Crippen molar-refractivity contribution >= 4 is 0 Å². The summed E-state index contributed by atoms with van der Waals surface area (Å²) in [4.78, 5) is 0. The molecule has 3 heteroatoms. The third-order valence-electron chi connectivity index (χ3n) is 9.35. The Kier molecular flexibility index (Phi) is 4.74. The van der Waals surface area contributed by atoms with Gasteiger partial charge in [0.25, 0.3) is 0 Å². The Morgan fingerprint density at radius 2 is 1.60 bits per heavy atom. The Morgan fingerprint density at radius 3 is 2.28 bits per heavy atom. The molecule has 3 unspecified atom stereocenters. The molecule has 8 atom stereocenters. The van der Waals surface area contributed by atoms with Gasteiger partial charge in [-0.1, -0.05) is 6.92 Å². The monoisotopic (exact) mass is 350 g/mol. The summed E-state index contributed by atoms with van der Waals surface area (Å²) in [5, 5.41) is 10.3. The van der Waals surface area contributed by atoms with Crippen LogP contribution in [0.3, 0.4) is 0 Å². The van der Waals surface area contributed by atoms with Crippen molar-refractivity contribution in [3.05, 3.63) is 0 Å². The first kappa shape index (κ1) is 18.3. The Hall–Kier alpha value is -0.120. The molecule has 0 aliphatic heterocycles. The molecule has 0 amide bonds. The van der Waals surface area contributed by atoms with Gasteiger partial charge in [0.2, 0.25) is 0 Å². The van der Waals surface area contributed by atoms with Crippen LogP contribution in [0.4, 0.5) is 0 Å². The fourth-order valence-electron chi connectivity index (χ4n) is 8.11. The molecule has 25 heavy (non-hydrogen) atoms. The van der Waals surface area contributed by atoms with Crippen LogP contribution < -0.4 is 0 Å². The molecule has 0 saturated heterocycles. The highest BCUT2D eigenvalue weighted by Crippen LogP contribution is 2.65. The molecule has 4 saturated carbocycles. The van der Waals surface area contributed by atoms with Crippen LogP contribution >= 0.6 is 0 Å². The van der Waals surface area contributed by atoms with Crippen molar-refractivity contribution < 1.29 is 14.6 Å². The molecule has 4 aliphatic carbocycles. The minimum atomic E-state index is -0.318. The second-order valence-corrected chi connectivity index (χ2v) is 9.97. The molecular weight excluding hydrogens is 312 g/mol. The normalized spacial score (nSPS) is 49.8. The average Bonchev–Trinajstić information content (AvgIpc) is 2.98. The Balaban J connectivity index is 1.52. The predicted octanol–water partition coefficient (Wildman–Crippen LogP) is 4.63. The highest BCUT2D eigenvalue weighted by Gasteiger charge is 2.58. The van der Waals surface area contributed by atoms with Crippen molar-refractivity contribution in [1.29, 1.82) is 0 Å². The number of fused-ring (bicyclic) bond motifs is 5. The Labute approximate surface area is 153 Å². The van der Waals surface area contributed by atoms with Crippen LogP contribution in [0.25, 0.3) is 0 Å². The van der Waals surface area contributed by atoms with E-state index in [1.54, 1.807) is 0 Å². The van der Waals surface area contributed by atoms with Crippen molar-refractivity contribution in [3.8, 4) is 0 Å². The van der Waals surface area contributed by atoms with E-state index in [1.807, 2.05) is 21.1 Å². The topological polar surface area (TPSA) is 38.7 Å². The molecule has 0 radical (unpaired) electrons. The van der Waals surface area contributed by atoms with E-state index < -0.39 is 0 Å². The minimum absolute atomic E-state index is 0.137. The first-order chi connectivity index (χ1) is 11.9. The lowest BCUT2D eigenvalue weighted by molar-refractivity contribution is -0.247. The van der Waals surface area contributed by atoms with Gasteiger partial charge in [-0.05, 0) is 92.8 Å². The van der Waals surface area contributed by atoms with Gasteiger partial charge in [0.05, 0.1) is 6.10 Å². The van der Waals surface area contributed by atoms with E-state index in [4.69, 9.17) is 9.47 Å². The highest BCUT2D eigenvalue weighted by molar-refractivity contribution is 5.07. The van der Waals surface area contributed by atoms with Gasteiger partial charge in [0.15, 0.2) is 5.79 Å². The van der Waals surface area contributed by atoms with Crippen LogP contribution in [-0.2, 0) is 9.47 Å². The molecule has 3 nitrogen and oxygen atoms in total. The van der Waals surface area contributed by atoms with E-state index in [0.29, 0.717) is 11.3 Å². The molecule has 0 bridgehead atoms. The van der Waals surface area contributed by atoms with Crippen molar-refractivity contribution in [2.45, 2.75) is 83.5 Å². The first-order valence-electron chi connectivity index (χ1n) is 10.7. The molecule has 0 heterocycles. The summed E-state index contributed by atoms with van der Waals surface area (Å²) in [6, 6.07) is 0. The van der Waals surface area contributed by atoms with Gasteiger partial charge in [-0.3, -0.25) is 0 Å². The maximum atomic E-state index is 10.3. The van der Waals surface area contributed by atoms with Crippen molar-refractivity contribution in [2.75, 3.05) is 14.2 Å². The van der Waals surface area contributed by atoms with Gasteiger partial charge in [0.1, 0.15) is 0 Å². The Bertz CT molecular complexity index is 486. The summed E-state index contributed by atoms with van der Waals surface area (Å²) in [5.74, 6) is 4.54. The fraction of sp³-hybridized carbons (Fsp3) is 1.00. The van der Waals surface area contributed by atoms with E-state index in [1.165, 1.54) is 44.9 Å². The summed E-state index contributed by atoms with van der Waals surface area (Å²) >= 11 is 0. The summed E-state index contributed by atoms with van der Waals surface area (Å²) in [6.07, 6.45) is 11.3. The molecule has 0 aromatic carbocycles. The highest BCUT2D eigenvalue weighted by atomic mass is 16.7. The molecule has 0 aromatic heterocycles. The molecule has 4 fully saturated rings. The van der Waals surface area contributed by atoms with E-state index in [9.17, 15) is 5.11 Å². The summed E-state index contributed by atoms with van der Waals surface area (Å²) in [6.45, 7) is 4.53. The lowest BCUT2D eigenvalue weighted by atomic mass is 9.49. The molecular formula is C22H38O3. The molecule has 0 spiro atoms. The van der Waals surface area contributed by atoms with Gasteiger partial charge in [-0.15, -0.1) is 0 Å². The molecule has 4 rings (SSSR count). The summed E-state index contributed by atoms with van der Waals surface area (Å²) in [5.41, 5.74) is 0.389. The van der Waals surface area contributed by atoms with E-state index in [2.05, 4.69) is 6.92 Å². The van der Waals surface area contributed by atoms with E-state index in [0.717, 1.165) is 42.4 Å². The van der Waals surface area contributed by atoms with Crippen LogP contribution in [0.1, 0.15) is 71.6 Å². The zero-order chi connectivity index (χ0) is 17.8. The second kappa shape index (κ2) is 6.49. The maximum absolute atomic E-state index is 10.3. The average molecular weight is 351 g/mol. The molecule has 144 valence electrons. The smallest absolute Gasteiger partial charge is 0.167 e. The third kappa shape index (κ3) is 2.72. The fourth-order valence-corrected chi connectivity index (χ4v) is 8.11. The van der Waals surface area contributed by atoms with Crippen molar-refractivity contribution in [2.24, 2.45) is 40.9 Å². The lowest BCUT2D eigenvalue weighted by Crippen LogP contribution is -2.52. The van der Waals surface area contributed by atoms with Crippen LogP contribution in [0.2, 0.25) is 0 Å². The zero-order valence-corrected chi connectivity index (χ0v) is 16.7. The quantitative estimate of drug-likeness (QED) is 0.755. The molecule has 1 N–H and O–H groups in total. The number of ether oxygens (including phenoxy) is 2. The largest absolute Gasteiger partial charge is 0.393 e. The minimum Gasteiger partial charge on any atom is -0.393 e. The third-order valence-corrected chi connectivity index (χ3v) is 9.35. The van der Waals surface area contributed by atoms with Crippen molar-refractivity contribution in [1.82, 2.24) is 0 Å². The number of hydrogen-bond acceptors (Lipinski definition) is 3. The van der Waals surface area contributed by atoms with Crippen molar-refractivity contribution in [3.63, 3.8) is 0 Å². The lowest BCUT2D eigenvalue weighted by Gasteiger charge is -2.57. The first-order valence-corrected chi connectivity index (χ1v) is 10.7. The number of rotatable bonds is 3. The zero-order valence-electron chi connectivity index (χ0n) is 16.7. The number of aliphatic hydroxyl groups is 1.